The Kier molecular flexibility index (Phi) is 4.39. The molecule has 1 aliphatic rings. The number of rotatable bonds is 4. The lowest BCUT2D eigenvalue weighted by atomic mass is 10.1. The molecular formula is C14H24N4O. The van der Waals surface area contributed by atoms with Crippen molar-refractivity contribution in [1.82, 2.24) is 9.88 Å². The summed E-state index contributed by atoms with van der Waals surface area (Å²) in [5, 5.41) is 9.95. The molecule has 5 nitrogen and oxygen atoms in total. The van der Waals surface area contributed by atoms with Gasteiger partial charge in [-0.2, -0.15) is 0 Å². The Bertz CT molecular complexity index is 422. The van der Waals surface area contributed by atoms with Crippen molar-refractivity contribution in [2.24, 2.45) is 5.73 Å². The molecular weight excluding hydrogens is 240 g/mol. The van der Waals surface area contributed by atoms with Gasteiger partial charge in [0.15, 0.2) is 0 Å². The third-order valence-corrected chi connectivity index (χ3v) is 3.55. The molecule has 0 saturated carbocycles. The van der Waals surface area contributed by atoms with Crippen molar-refractivity contribution in [1.29, 1.82) is 0 Å². The molecule has 0 aromatic carbocycles. The van der Waals surface area contributed by atoms with Crippen LogP contribution in [0.1, 0.15) is 24.9 Å². The molecule has 3 atom stereocenters. The van der Waals surface area contributed by atoms with Gasteiger partial charge in [-0.15, -0.1) is 0 Å². The monoisotopic (exact) mass is 264 g/mol. The van der Waals surface area contributed by atoms with E-state index in [1.165, 1.54) is 0 Å². The third kappa shape index (κ3) is 3.23. The number of aliphatic hydroxyl groups is 1. The van der Waals surface area contributed by atoms with Crippen molar-refractivity contribution >= 4 is 5.82 Å². The number of aromatic nitrogens is 1. The van der Waals surface area contributed by atoms with Gasteiger partial charge in [-0.3, -0.25) is 0 Å². The summed E-state index contributed by atoms with van der Waals surface area (Å²) in [6.07, 6.45) is 2.29. The zero-order chi connectivity index (χ0) is 14.0. The molecule has 2 rings (SSSR count). The minimum absolute atomic E-state index is 0.0542. The fourth-order valence-corrected chi connectivity index (χ4v) is 2.75. The Morgan fingerprint density at radius 3 is 2.95 bits per heavy atom. The lowest BCUT2D eigenvalue weighted by Crippen LogP contribution is -2.38. The van der Waals surface area contributed by atoms with Crippen molar-refractivity contribution in [3.63, 3.8) is 0 Å². The highest BCUT2D eigenvalue weighted by atomic mass is 16.3. The first-order valence-electron chi connectivity index (χ1n) is 6.79. The van der Waals surface area contributed by atoms with Gasteiger partial charge < -0.3 is 20.6 Å². The van der Waals surface area contributed by atoms with E-state index in [-0.39, 0.29) is 18.2 Å². The maximum absolute atomic E-state index is 9.95. The summed E-state index contributed by atoms with van der Waals surface area (Å²) < 4.78 is 0. The van der Waals surface area contributed by atoms with Crippen molar-refractivity contribution in [2.45, 2.75) is 31.5 Å². The van der Waals surface area contributed by atoms with Gasteiger partial charge in [-0.1, -0.05) is 6.07 Å². The number of likely N-dealkylation sites (N-methyl/N-ethyl adjacent to an activating group) is 1. The average Bonchev–Trinajstić information content (AvgIpc) is 2.69. The Balaban J connectivity index is 2.28. The predicted molar refractivity (Wildman–Crippen MR) is 77.2 cm³/mol. The standard InChI is InChI=1S/C14H24N4O/c1-10(15)13-5-4-6-16-14(13)18-9-12(19)7-11(18)8-17(2)3/h4-6,10-12,19H,7-9,15H2,1-3H3/t10-,11?,12?/m1/s1. The molecule has 2 unspecified atom stereocenters. The van der Waals surface area contributed by atoms with Crippen LogP contribution in [0.25, 0.3) is 0 Å². The third-order valence-electron chi connectivity index (χ3n) is 3.55. The molecule has 0 amide bonds. The number of aliphatic hydroxyl groups excluding tert-OH is 1. The second kappa shape index (κ2) is 5.86. The maximum Gasteiger partial charge on any atom is 0.133 e. The van der Waals surface area contributed by atoms with Gasteiger partial charge in [0, 0.05) is 36.9 Å². The van der Waals surface area contributed by atoms with Crippen LogP contribution in [0.5, 0.6) is 0 Å². The Hall–Kier alpha value is -1.17. The van der Waals surface area contributed by atoms with Gasteiger partial charge in [0.2, 0.25) is 0 Å². The van der Waals surface area contributed by atoms with Gasteiger partial charge in [-0.05, 0) is 33.5 Å². The van der Waals surface area contributed by atoms with Crippen molar-refractivity contribution in [2.75, 3.05) is 32.1 Å². The minimum Gasteiger partial charge on any atom is -0.391 e. The van der Waals surface area contributed by atoms with Crippen molar-refractivity contribution in [3.8, 4) is 0 Å². The van der Waals surface area contributed by atoms with Crippen LogP contribution in [0.2, 0.25) is 0 Å². The zero-order valence-corrected chi connectivity index (χ0v) is 12.0. The quantitative estimate of drug-likeness (QED) is 0.834. The van der Waals surface area contributed by atoms with Crippen LogP contribution in [0.15, 0.2) is 18.3 Å². The van der Waals surface area contributed by atoms with Gasteiger partial charge in [0.05, 0.1) is 6.10 Å². The summed E-state index contributed by atoms with van der Waals surface area (Å²) >= 11 is 0. The minimum atomic E-state index is -0.284. The molecule has 3 N–H and O–H groups in total. The van der Waals surface area contributed by atoms with Gasteiger partial charge in [-0.25, -0.2) is 4.98 Å². The Labute approximate surface area is 115 Å². The summed E-state index contributed by atoms with van der Waals surface area (Å²) in [7, 11) is 4.10. The van der Waals surface area contributed by atoms with Crippen LogP contribution in [0, 0.1) is 0 Å². The molecule has 1 fully saturated rings. The fraction of sp³-hybridized carbons (Fsp3) is 0.643. The molecule has 1 aromatic heterocycles. The highest BCUT2D eigenvalue weighted by Crippen LogP contribution is 2.29. The predicted octanol–water partition coefficient (Wildman–Crippen LogP) is 0.602. The van der Waals surface area contributed by atoms with Crippen LogP contribution in [0.4, 0.5) is 5.82 Å². The second-order valence-corrected chi connectivity index (χ2v) is 5.66. The lowest BCUT2D eigenvalue weighted by molar-refractivity contribution is 0.191. The van der Waals surface area contributed by atoms with E-state index in [0.29, 0.717) is 6.54 Å². The highest BCUT2D eigenvalue weighted by Gasteiger charge is 2.33. The summed E-state index contributed by atoms with van der Waals surface area (Å²) in [6, 6.07) is 4.17. The number of β-amino-alcohol motifs (C(OH)–C–C–N with tert-alkyl or cyclic N) is 1. The molecule has 0 bridgehead atoms. The largest absolute Gasteiger partial charge is 0.391 e. The van der Waals surface area contributed by atoms with E-state index in [1.54, 1.807) is 6.20 Å². The topological polar surface area (TPSA) is 65.6 Å². The smallest absolute Gasteiger partial charge is 0.133 e. The number of hydrogen-bond donors (Lipinski definition) is 2. The summed E-state index contributed by atoms with van der Waals surface area (Å²) in [4.78, 5) is 8.83. The molecule has 0 spiro atoms. The number of nitrogens with two attached hydrogens (primary N) is 1. The number of pyridine rings is 1. The molecule has 2 heterocycles. The van der Waals surface area contributed by atoms with Crippen LogP contribution in [0.3, 0.4) is 0 Å². The van der Waals surface area contributed by atoms with Crippen molar-refractivity contribution < 1.29 is 5.11 Å². The normalized spacial score (nSPS) is 25.1. The molecule has 0 aliphatic carbocycles. The molecule has 106 valence electrons. The van der Waals surface area contributed by atoms with Gasteiger partial charge >= 0.3 is 0 Å². The summed E-state index contributed by atoms with van der Waals surface area (Å²) in [5.74, 6) is 0.918. The van der Waals surface area contributed by atoms with E-state index >= 15 is 0 Å². The van der Waals surface area contributed by atoms with Gasteiger partial charge in [0.25, 0.3) is 0 Å². The zero-order valence-electron chi connectivity index (χ0n) is 12.0. The number of nitrogens with zero attached hydrogens (tertiary/aromatic N) is 3. The van der Waals surface area contributed by atoms with E-state index in [0.717, 1.165) is 24.3 Å². The molecule has 19 heavy (non-hydrogen) atoms. The molecule has 0 radical (unpaired) electrons. The molecule has 1 aliphatic heterocycles. The van der Waals surface area contributed by atoms with Crippen LogP contribution >= 0.6 is 0 Å². The van der Waals surface area contributed by atoms with Crippen LogP contribution in [-0.2, 0) is 0 Å². The van der Waals surface area contributed by atoms with E-state index in [9.17, 15) is 5.11 Å². The molecule has 5 heteroatoms. The second-order valence-electron chi connectivity index (χ2n) is 5.66. The number of anilines is 1. The highest BCUT2D eigenvalue weighted by molar-refractivity contribution is 5.50. The van der Waals surface area contributed by atoms with E-state index < -0.39 is 0 Å². The van der Waals surface area contributed by atoms with Crippen LogP contribution < -0.4 is 10.6 Å². The number of hydrogen-bond acceptors (Lipinski definition) is 5. The summed E-state index contributed by atoms with van der Waals surface area (Å²) in [5.41, 5.74) is 7.07. The van der Waals surface area contributed by atoms with Crippen LogP contribution in [-0.4, -0.2) is 54.3 Å². The van der Waals surface area contributed by atoms with Crippen molar-refractivity contribution in [3.05, 3.63) is 23.9 Å². The van der Waals surface area contributed by atoms with E-state index in [1.807, 2.05) is 33.2 Å². The first kappa shape index (κ1) is 14.2. The first-order valence-corrected chi connectivity index (χ1v) is 6.79. The maximum atomic E-state index is 9.95. The Morgan fingerprint density at radius 1 is 1.58 bits per heavy atom. The lowest BCUT2D eigenvalue weighted by Gasteiger charge is -2.30. The Morgan fingerprint density at radius 2 is 2.32 bits per heavy atom. The van der Waals surface area contributed by atoms with E-state index in [2.05, 4.69) is 14.8 Å². The summed E-state index contributed by atoms with van der Waals surface area (Å²) in [6.45, 7) is 3.51. The van der Waals surface area contributed by atoms with E-state index in [4.69, 9.17) is 5.73 Å². The van der Waals surface area contributed by atoms with Gasteiger partial charge in [0.1, 0.15) is 5.82 Å². The molecule has 1 saturated heterocycles. The SMILES string of the molecule is C[C@@H](N)c1cccnc1N1CC(O)CC1CN(C)C. The fourth-order valence-electron chi connectivity index (χ4n) is 2.75. The molecule has 1 aromatic rings. The average molecular weight is 264 g/mol. The first-order chi connectivity index (χ1) is 8.99.